The van der Waals surface area contributed by atoms with Crippen LogP contribution in [0, 0.1) is 5.92 Å². The first-order chi connectivity index (χ1) is 9.34. The van der Waals surface area contributed by atoms with Crippen LogP contribution in [0.15, 0.2) is 30.5 Å². The van der Waals surface area contributed by atoms with Crippen LogP contribution in [-0.4, -0.2) is 23.3 Å². The van der Waals surface area contributed by atoms with Crippen LogP contribution < -0.4 is 5.32 Å². The number of nitrogens with one attached hydrogen (secondary N) is 2. The summed E-state index contributed by atoms with van der Waals surface area (Å²) >= 11 is 6.28. The second-order valence-electron chi connectivity index (χ2n) is 5.14. The number of rotatable bonds is 3. The highest BCUT2D eigenvalue weighted by Crippen LogP contribution is 2.31. The summed E-state index contributed by atoms with van der Waals surface area (Å²) in [6.07, 6.45) is 5.42. The summed E-state index contributed by atoms with van der Waals surface area (Å²) in [6.45, 7) is 2.25. The van der Waals surface area contributed by atoms with E-state index >= 15 is 0 Å². The van der Waals surface area contributed by atoms with E-state index in [9.17, 15) is 0 Å². The van der Waals surface area contributed by atoms with Crippen molar-refractivity contribution in [2.24, 2.45) is 5.92 Å². The molecular formula is C15H18ClN3. The Morgan fingerprint density at radius 3 is 2.74 bits per heavy atom. The van der Waals surface area contributed by atoms with Crippen LogP contribution in [0.2, 0.25) is 5.02 Å². The van der Waals surface area contributed by atoms with Crippen LogP contribution in [0.3, 0.4) is 0 Å². The van der Waals surface area contributed by atoms with E-state index in [0.29, 0.717) is 0 Å². The maximum absolute atomic E-state index is 6.28. The standard InChI is InChI=1S/C15H18ClN3/c16-14-4-2-1-3-12(14)13-10-18-19-15(13)9-11-5-7-17-8-6-11/h1-4,10-11,17H,5-9H2,(H,18,19). The van der Waals surface area contributed by atoms with Crippen molar-refractivity contribution in [3.63, 3.8) is 0 Å². The van der Waals surface area contributed by atoms with Gasteiger partial charge in [-0.15, -0.1) is 0 Å². The molecule has 3 rings (SSSR count). The molecule has 0 amide bonds. The highest BCUT2D eigenvalue weighted by Gasteiger charge is 2.17. The van der Waals surface area contributed by atoms with Crippen molar-refractivity contribution in [2.45, 2.75) is 19.3 Å². The predicted molar refractivity (Wildman–Crippen MR) is 78.3 cm³/mol. The lowest BCUT2D eigenvalue weighted by molar-refractivity contribution is 0.370. The van der Waals surface area contributed by atoms with Gasteiger partial charge in [-0.25, -0.2) is 0 Å². The number of halogens is 1. The van der Waals surface area contributed by atoms with Crippen molar-refractivity contribution in [3.05, 3.63) is 41.2 Å². The monoisotopic (exact) mass is 275 g/mol. The molecule has 2 N–H and O–H groups in total. The summed E-state index contributed by atoms with van der Waals surface area (Å²) in [6, 6.07) is 7.96. The van der Waals surface area contributed by atoms with E-state index < -0.39 is 0 Å². The minimum Gasteiger partial charge on any atom is -0.317 e. The van der Waals surface area contributed by atoms with E-state index in [0.717, 1.165) is 41.6 Å². The van der Waals surface area contributed by atoms with E-state index in [-0.39, 0.29) is 0 Å². The first-order valence-corrected chi connectivity index (χ1v) is 7.20. The molecule has 2 aromatic rings. The Labute approximate surface area is 118 Å². The quantitative estimate of drug-likeness (QED) is 0.903. The molecule has 0 unspecified atom stereocenters. The lowest BCUT2D eigenvalue weighted by Gasteiger charge is -2.22. The van der Waals surface area contributed by atoms with E-state index in [2.05, 4.69) is 21.6 Å². The molecule has 19 heavy (non-hydrogen) atoms. The Bertz CT molecular complexity index is 544. The number of H-pyrrole nitrogens is 1. The number of aromatic amines is 1. The number of piperidine rings is 1. The van der Waals surface area contributed by atoms with E-state index in [1.807, 2.05) is 24.4 Å². The Kier molecular flexibility index (Phi) is 3.85. The smallest absolute Gasteiger partial charge is 0.0569 e. The van der Waals surface area contributed by atoms with Crippen LogP contribution in [0.25, 0.3) is 11.1 Å². The van der Waals surface area contributed by atoms with Crippen LogP contribution >= 0.6 is 11.6 Å². The van der Waals surface area contributed by atoms with Gasteiger partial charge in [0, 0.05) is 21.8 Å². The summed E-state index contributed by atoms with van der Waals surface area (Å²) in [5.74, 6) is 0.739. The van der Waals surface area contributed by atoms with Crippen molar-refractivity contribution >= 4 is 11.6 Å². The molecule has 1 aliphatic heterocycles. The Balaban J connectivity index is 1.84. The van der Waals surface area contributed by atoms with Gasteiger partial charge in [0.15, 0.2) is 0 Å². The largest absolute Gasteiger partial charge is 0.317 e. The fourth-order valence-electron chi connectivity index (χ4n) is 2.75. The number of nitrogens with zero attached hydrogens (tertiary/aromatic N) is 1. The predicted octanol–water partition coefficient (Wildman–Crippen LogP) is 3.27. The Hall–Kier alpha value is -1.32. The molecule has 1 fully saturated rings. The first kappa shape index (κ1) is 12.7. The van der Waals surface area contributed by atoms with Crippen molar-refractivity contribution < 1.29 is 0 Å². The molecule has 4 heteroatoms. The van der Waals surface area contributed by atoms with Crippen molar-refractivity contribution in [3.8, 4) is 11.1 Å². The molecule has 0 bridgehead atoms. The van der Waals surface area contributed by atoms with Gasteiger partial charge >= 0.3 is 0 Å². The van der Waals surface area contributed by atoms with Gasteiger partial charge in [-0.2, -0.15) is 5.10 Å². The Morgan fingerprint density at radius 2 is 1.95 bits per heavy atom. The maximum Gasteiger partial charge on any atom is 0.0569 e. The summed E-state index contributed by atoms with van der Waals surface area (Å²) in [5.41, 5.74) is 3.42. The summed E-state index contributed by atoms with van der Waals surface area (Å²) in [4.78, 5) is 0. The summed E-state index contributed by atoms with van der Waals surface area (Å²) in [5, 5.41) is 11.5. The van der Waals surface area contributed by atoms with Gasteiger partial charge in [-0.05, 0) is 44.3 Å². The fourth-order valence-corrected chi connectivity index (χ4v) is 2.99. The molecule has 0 atom stereocenters. The average molecular weight is 276 g/mol. The SMILES string of the molecule is Clc1ccccc1-c1cn[nH]c1CC1CCNCC1. The molecule has 0 radical (unpaired) electrons. The fraction of sp³-hybridized carbons (Fsp3) is 0.400. The third-order valence-corrected chi connectivity index (χ3v) is 4.16. The number of hydrogen-bond acceptors (Lipinski definition) is 2. The van der Waals surface area contributed by atoms with Crippen LogP contribution in [0.5, 0.6) is 0 Å². The average Bonchev–Trinajstić information content (AvgIpc) is 2.88. The highest BCUT2D eigenvalue weighted by molar-refractivity contribution is 6.33. The number of benzene rings is 1. The molecule has 0 spiro atoms. The molecule has 3 nitrogen and oxygen atoms in total. The molecule has 2 heterocycles. The van der Waals surface area contributed by atoms with Crippen LogP contribution in [0.4, 0.5) is 0 Å². The van der Waals surface area contributed by atoms with Crippen LogP contribution in [0.1, 0.15) is 18.5 Å². The van der Waals surface area contributed by atoms with Gasteiger partial charge in [-0.3, -0.25) is 5.10 Å². The second-order valence-corrected chi connectivity index (χ2v) is 5.55. The Morgan fingerprint density at radius 1 is 1.16 bits per heavy atom. The number of hydrogen-bond donors (Lipinski definition) is 2. The summed E-state index contributed by atoms with van der Waals surface area (Å²) < 4.78 is 0. The van der Waals surface area contributed by atoms with Gasteiger partial charge in [0.25, 0.3) is 0 Å². The molecular weight excluding hydrogens is 258 g/mol. The third-order valence-electron chi connectivity index (χ3n) is 3.83. The zero-order chi connectivity index (χ0) is 13.1. The molecule has 0 saturated carbocycles. The van der Waals surface area contributed by atoms with Gasteiger partial charge in [-0.1, -0.05) is 29.8 Å². The summed E-state index contributed by atoms with van der Waals surface area (Å²) in [7, 11) is 0. The molecule has 0 aliphatic carbocycles. The van der Waals surface area contributed by atoms with Gasteiger partial charge < -0.3 is 5.32 Å². The van der Waals surface area contributed by atoms with Crippen molar-refractivity contribution in [1.82, 2.24) is 15.5 Å². The molecule has 1 aromatic heterocycles. The van der Waals surface area contributed by atoms with Crippen molar-refractivity contribution in [2.75, 3.05) is 13.1 Å². The minimum absolute atomic E-state index is 0.739. The second kappa shape index (κ2) is 5.76. The molecule has 1 saturated heterocycles. The van der Waals surface area contributed by atoms with E-state index in [1.54, 1.807) is 0 Å². The van der Waals surface area contributed by atoms with Crippen molar-refractivity contribution in [1.29, 1.82) is 0 Å². The van der Waals surface area contributed by atoms with E-state index in [4.69, 9.17) is 11.6 Å². The minimum atomic E-state index is 0.739. The maximum atomic E-state index is 6.28. The topological polar surface area (TPSA) is 40.7 Å². The normalized spacial score (nSPS) is 16.7. The molecule has 100 valence electrons. The zero-order valence-corrected chi connectivity index (χ0v) is 11.6. The highest BCUT2D eigenvalue weighted by atomic mass is 35.5. The van der Waals surface area contributed by atoms with E-state index in [1.165, 1.54) is 18.5 Å². The third kappa shape index (κ3) is 2.82. The van der Waals surface area contributed by atoms with Crippen LogP contribution in [-0.2, 0) is 6.42 Å². The zero-order valence-electron chi connectivity index (χ0n) is 10.8. The molecule has 1 aromatic carbocycles. The van der Waals surface area contributed by atoms with Gasteiger partial charge in [0.1, 0.15) is 0 Å². The first-order valence-electron chi connectivity index (χ1n) is 6.82. The van der Waals surface area contributed by atoms with Gasteiger partial charge in [0.05, 0.1) is 6.20 Å². The lowest BCUT2D eigenvalue weighted by Crippen LogP contribution is -2.28. The molecule has 1 aliphatic rings. The van der Waals surface area contributed by atoms with Gasteiger partial charge in [0.2, 0.25) is 0 Å². The lowest BCUT2D eigenvalue weighted by atomic mass is 9.91. The number of aromatic nitrogens is 2.